The van der Waals surface area contributed by atoms with Gasteiger partial charge >= 0.3 is 5.97 Å². The summed E-state index contributed by atoms with van der Waals surface area (Å²) in [5, 5.41) is 10.2. The number of aromatic nitrogens is 1. The van der Waals surface area contributed by atoms with E-state index in [2.05, 4.69) is 4.98 Å². The summed E-state index contributed by atoms with van der Waals surface area (Å²) in [4.78, 5) is 29.0. The third kappa shape index (κ3) is 2.09. The van der Waals surface area contributed by atoms with Gasteiger partial charge < -0.3 is 15.0 Å². The van der Waals surface area contributed by atoms with Gasteiger partial charge in [0.1, 0.15) is 6.04 Å². The van der Waals surface area contributed by atoms with Crippen LogP contribution in [0.3, 0.4) is 0 Å². The lowest BCUT2D eigenvalue weighted by atomic mass is 10.0. The van der Waals surface area contributed by atoms with Gasteiger partial charge in [0.05, 0.1) is 5.56 Å². The minimum atomic E-state index is -0.925. The van der Waals surface area contributed by atoms with Crippen LogP contribution >= 0.6 is 0 Å². The number of hydrogen-bond acceptors (Lipinski definition) is 2. The molecule has 2 heterocycles. The zero-order valence-electron chi connectivity index (χ0n) is 12.1. The first-order chi connectivity index (χ1) is 10.0. The van der Waals surface area contributed by atoms with Crippen molar-refractivity contribution < 1.29 is 14.7 Å². The number of H-pyrrole nitrogens is 1. The standard InChI is InChI=1S/C16H18N2O3/c1-9-7-8-18(14(9)16(20)21)15(19)13-10(2)17-12-6-4-3-5-11(12)13/h3-6,9,14,17H,7-8H2,1-2H3,(H,20,21). The number of amides is 1. The number of benzene rings is 1. The fourth-order valence-electron chi connectivity index (χ4n) is 3.25. The monoisotopic (exact) mass is 286 g/mol. The summed E-state index contributed by atoms with van der Waals surface area (Å²) in [6.45, 7) is 4.23. The van der Waals surface area contributed by atoms with Crippen LogP contribution in [-0.2, 0) is 4.79 Å². The Morgan fingerprint density at radius 2 is 2.05 bits per heavy atom. The molecule has 5 heteroatoms. The summed E-state index contributed by atoms with van der Waals surface area (Å²) < 4.78 is 0. The van der Waals surface area contributed by atoms with Crippen LogP contribution in [0.1, 0.15) is 29.4 Å². The molecule has 1 aliphatic heterocycles. The largest absolute Gasteiger partial charge is 0.480 e. The minimum Gasteiger partial charge on any atom is -0.480 e. The van der Waals surface area contributed by atoms with Crippen LogP contribution in [0.15, 0.2) is 24.3 Å². The van der Waals surface area contributed by atoms with E-state index in [0.717, 1.165) is 23.0 Å². The molecule has 0 bridgehead atoms. The molecule has 1 aromatic carbocycles. The number of rotatable bonds is 2. The van der Waals surface area contributed by atoms with Crippen molar-refractivity contribution in [3.63, 3.8) is 0 Å². The van der Waals surface area contributed by atoms with Crippen molar-refractivity contribution in [3.05, 3.63) is 35.5 Å². The number of nitrogens with one attached hydrogen (secondary N) is 1. The van der Waals surface area contributed by atoms with Crippen molar-refractivity contribution in [1.29, 1.82) is 0 Å². The number of likely N-dealkylation sites (tertiary alicyclic amines) is 1. The number of hydrogen-bond donors (Lipinski definition) is 2. The lowest BCUT2D eigenvalue weighted by Gasteiger charge is -2.23. The molecular weight excluding hydrogens is 268 g/mol. The molecule has 5 nitrogen and oxygen atoms in total. The van der Waals surface area contributed by atoms with E-state index in [0.29, 0.717) is 12.1 Å². The predicted molar refractivity (Wildman–Crippen MR) is 79.3 cm³/mol. The van der Waals surface area contributed by atoms with Crippen LogP contribution in [0, 0.1) is 12.8 Å². The van der Waals surface area contributed by atoms with E-state index in [1.807, 2.05) is 38.1 Å². The molecule has 1 aromatic heterocycles. The van der Waals surface area contributed by atoms with E-state index >= 15 is 0 Å². The molecule has 1 aliphatic rings. The smallest absolute Gasteiger partial charge is 0.326 e. The molecule has 2 atom stereocenters. The van der Waals surface area contributed by atoms with E-state index < -0.39 is 12.0 Å². The van der Waals surface area contributed by atoms with Crippen molar-refractivity contribution in [2.24, 2.45) is 5.92 Å². The van der Waals surface area contributed by atoms with Gasteiger partial charge in [-0.05, 0) is 25.3 Å². The highest BCUT2D eigenvalue weighted by atomic mass is 16.4. The van der Waals surface area contributed by atoms with Crippen molar-refractivity contribution in [2.75, 3.05) is 6.54 Å². The molecule has 1 amide bonds. The van der Waals surface area contributed by atoms with E-state index in [-0.39, 0.29) is 11.8 Å². The van der Waals surface area contributed by atoms with Crippen molar-refractivity contribution >= 4 is 22.8 Å². The second-order valence-corrected chi connectivity index (χ2v) is 5.72. The first kappa shape index (κ1) is 13.7. The van der Waals surface area contributed by atoms with Crippen molar-refractivity contribution in [1.82, 2.24) is 9.88 Å². The summed E-state index contributed by atoms with van der Waals surface area (Å²) in [7, 11) is 0. The number of carbonyl (C=O) groups is 2. The fraction of sp³-hybridized carbons (Fsp3) is 0.375. The van der Waals surface area contributed by atoms with Crippen LogP contribution in [0.2, 0.25) is 0 Å². The van der Waals surface area contributed by atoms with Gasteiger partial charge in [-0.3, -0.25) is 4.79 Å². The van der Waals surface area contributed by atoms with Gasteiger partial charge in [0, 0.05) is 23.1 Å². The maximum Gasteiger partial charge on any atom is 0.326 e. The summed E-state index contributed by atoms with van der Waals surface area (Å²) in [6.07, 6.45) is 0.726. The number of aliphatic carboxylic acids is 1. The Bertz CT molecular complexity index is 719. The number of nitrogens with zero attached hydrogens (tertiary/aromatic N) is 1. The Morgan fingerprint density at radius 1 is 1.33 bits per heavy atom. The van der Waals surface area contributed by atoms with E-state index in [4.69, 9.17) is 0 Å². The highest BCUT2D eigenvalue weighted by molar-refractivity contribution is 6.09. The first-order valence-corrected chi connectivity index (χ1v) is 7.11. The molecule has 1 fully saturated rings. The van der Waals surface area contributed by atoms with Crippen molar-refractivity contribution in [2.45, 2.75) is 26.3 Å². The highest BCUT2D eigenvalue weighted by Crippen LogP contribution is 2.29. The van der Waals surface area contributed by atoms with Crippen LogP contribution in [0.4, 0.5) is 0 Å². The average Bonchev–Trinajstić information content (AvgIpc) is 2.97. The molecule has 0 radical (unpaired) electrons. The average molecular weight is 286 g/mol. The van der Waals surface area contributed by atoms with E-state index in [1.54, 1.807) is 0 Å². The summed E-state index contributed by atoms with van der Waals surface area (Å²) >= 11 is 0. The zero-order chi connectivity index (χ0) is 15.1. The molecular formula is C16H18N2O3. The molecule has 3 rings (SSSR count). The lowest BCUT2D eigenvalue weighted by molar-refractivity contribution is -0.142. The van der Waals surface area contributed by atoms with Crippen LogP contribution in [-0.4, -0.2) is 39.5 Å². The number of carbonyl (C=O) groups excluding carboxylic acids is 1. The minimum absolute atomic E-state index is 0.0167. The maximum atomic E-state index is 12.8. The summed E-state index contributed by atoms with van der Waals surface area (Å²) in [5.41, 5.74) is 2.27. The van der Waals surface area contributed by atoms with Gasteiger partial charge in [0.25, 0.3) is 5.91 Å². The summed E-state index contributed by atoms with van der Waals surface area (Å²) in [6, 6.07) is 6.87. The number of para-hydroxylation sites is 1. The van der Waals surface area contributed by atoms with Gasteiger partial charge in [-0.25, -0.2) is 4.79 Å². The molecule has 2 aromatic rings. The van der Waals surface area contributed by atoms with Gasteiger partial charge in [0.15, 0.2) is 0 Å². The fourth-order valence-corrected chi connectivity index (χ4v) is 3.25. The zero-order valence-corrected chi connectivity index (χ0v) is 12.1. The molecule has 0 aliphatic carbocycles. The number of carboxylic acids is 1. The Morgan fingerprint density at radius 3 is 2.76 bits per heavy atom. The number of aromatic amines is 1. The SMILES string of the molecule is Cc1[nH]c2ccccc2c1C(=O)N1CCC(C)C1C(=O)O. The number of aryl methyl sites for hydroxylation is 1. The van der Waals surface area contributed by atoms with Crippen molar-refractivity contribution in [3.8, 4) is 0 Å². The molecule has 2 unspecified atom stereocenters. The van der Waals surface area contributed by atoms with Gasteiger partial charge in [-0.1, -0.05) is 25.1 Å². The maximum absolute atomic E-state index is 12.8. The molecule has 0 saturated carbocycles. The second-order valence-electron chi connectivity index (χ2n) is 5.72. The number of carboxylic acid groups (broad SMARTS) is 1. The predicted octanol–water partition coefficient (Wildman–Crippen LogP) is 2.41. The van der Waals surface area contributed by atoms with Crippen LogP contribution < -0.4 is 0 Å². The van der Waals surface area contributed by atoms with Gasteiger partial charge in [-0.15, -0.1) is 0 Å². The second kappa shape index (κ2) is 4.91. The van der Waals surface area contributed by atoms with Crippen LogP contribution in [0.25, 0.3) is 10.9 Å². The quantitative estimate of drug-likeness (QED) is 0.890. The molecule has 0 spiro atoms. The molecule has 110 valence electrons. The van der Waals surface area contributed by atoms with Gasteiger partial charge in [0.2, 0.25) is 0 Å². The number of fused-ring (bicyclic) bond motifs is 1. The summed E-state index contributed by atoms with van der Waals surface area (Å²) in [5.74, 6) is -1.13. The molecule has 21 heavy (non-hydrogen) atoms. The molecule has 1 saturated heterocycles. The Kier molecular flexibility index (Phi) is 3.20. The van der Waals surface area contributed by atoms with E-state index in [1.165, 1.54) is 4.90 Å². The highest BCUT2D eigenvalue weighted by Gasteiger charge is 2.40. The first-order valence-electron chi connectivity index (χ1n) is 7.11. The van der Waals surface area contributed by atoms with E-state index in [9.17, 15) is 14.7 Å². The third-order valence-electron chi connectivity index (χ3n) is 4.32. The molecule has 2 N–H and O–H groups in total. The van der Waals surface area contributed by atoms with Gasteiger partial charge in [-0.2, -0.15) is 0 Å². The lowest BCUT2D eigenvalue weighted by Crippen LogP contribution is -2.42. The Balaban J connectivity index is 2.05. The van der Waals surface area contributed by atoms with Crippen LogP contribution in [0.5, 0.6) is 0 Å². The Hall–Kier alpha value is -2.30. The topological polar surface area (TPSA) is 73.4 Å². The normalized spacial score (nSPS) is 21.9. The third-order valence-corrected chi connectivity index (χ3v) is 4.32. The Labute approximate surface area is 122 Å².